The molecule has 0 saturated heterocycles. The van der Waals surface area contributed by atoms with Crippen molar-refractivity contribution in [2.75, 3.05) is 13.2 Å². The number of rotatable bonds is 4. The highest BCUT2D eigenvalue weighted by atomic mass is 16.3. The molecule has 0 atom stereocenters. The van der Waals surface area contributed by atoms with Crippen molar-refractivity contribution in [3.05, 3.63) is 0 Å². The molecule has 0 amide bonds. The lowest BCUT2D eigenvalue weighted by molar-refractivity contribution is 0.0859. The fourth-order valence-corrected chi connectivity index (χ4v) is 1.70. The van der Waals surface area contributed by atoms with Gasteiger partial charge in [-0.25, -0.2) is 0 Å². The summed E-state index contributed by atoms with van der Waals surface area (Å²) in [5.74, 6) is 0. The molecule has 2 heteroatoms. The number of aliphatic hydroxyl groups is 1. The first kappa shape index (κ1) is 11.0. The number of nitrogens with one attached hydrogen (secondary N) is 1. The van der Waals surface area contributed by atoms with E-state index >= 15 is 0 Å². The second-order valence-electron chi connectivity index (χ2n) is 5.53. The van der Waals surface area contributed by atoms with Crippen molar-refractivity contribution in [1.82, 2.24) is 5.32 Å². The predicted octanol–water partition coefficient (Wildman–Crippen LogP) is 1.93. The maximum Gasteiger partial charge on any atom is 0.0613 e. The number of hydrogen-bond donors (Lipinski definition) is 2. The topological polar surface area (TPSA) is 32.3 Å². The van der Waals surface area contributed by atoms with Crippen molar-refractivity contribution >= 4 is 0 Å². The van der Waals surface area contributed by atoms with Crippen LogP contribution in [0.15, 0.2) is 0 Å². The van der Waals surface area contributed by atoms with E-state index in [0.29, 0.717) is 12.0 Å². The zero-order chi connectivity index (χ0) is 9.95. The van der Waals surface area contributed by atoms with E-state index in [1.165, 1.54) is 12.8 Å². The van der Waals surface area contributed by atoms with E-state index in [2.05, 4.69) is 26.1 Å². The maximum absolute atomic E-state index is 9.20. The third-order valence-electron chi connectivity index (χ3n) is 2.99. The summed E-state index contributed by atoms with van der Waals surface area (Å²) in [5, 5.41) is 12.7. The Hall–Kier alpha value is -0.0800. The molecule has 0 bridgehead atoms. The van der Waals surface area contributed by atoms with Gasteiger partial charge in [0.2, 0.25) is 0 Å². The molecular formula is C11H23NO. The lowest BCUT2D eigenvalue weighted by Crippen LogP contribution is -2.54. The Morgan fingerprint density at radius 3 is 2.23 bits per heavy atom. The summed E-state index contributed by atoms with van der Waals surface area (Å²) in [6.07, 6.45) is 4.74. The van der Waals surface area contributed by atoms with Crippen molar-refractivity contribution in [1.29, 1.82) is 0 Å². The normalized spacial score (nSPS) is 21.2. The van der Waals surface area contributed by atoms with Crippen LogP contribution in [-0.4, -0.2) is 23.8 Å². The van der Waals surface area contributed by atoms with Crippen LogP contribution in [0.25, 0.3) is 0 Å². The molecule has 2 N–H and O–H groups in total. The molecule has 0 heterocycles. The van der Waals surface area contributed by atoms with Crippen molar-refractivity contribution in [2.45, 2.75) is 52.0 Å². The Bertz CT molecular complexity index is 150. The van der Waals surface area contributed by atoms with Crippen molar-refractivity contribution in [3.63, 3.8) is 0 Å². The molecule has 0 aromatic rings. The van der Waals surface area contributed by atoms with Gasteiger partial charge >= 0.3 is 0 Å². The summed E-state index contributed by atoms with van der Waals surface area (Å²) in [4.78, 5) is 0. The molecule has 0 radical (unpaired) electrons. The Kier molecular flexibility index (Phi) is 3.36. The first-order chi connectivity index (χ1) is 5.97. The molecule has 1 saturated carbocycles. The summed E-state index contributed by atoms with van der Waals surface area (Å²) in [6.45, 7) is 8.09. The van der Waals surface area contributed by atoms with E-state index in [9.17, 15) is 5.11 Å². The van der Waals surface area contributed by atoms with Crippen LogP contribution in [0.4, 0.5) is 0 Å². The highest BCUT2D eigenvalue weighted by Gasteiger charge is 2.35. The summed E-state index contributed by atoms with van der Waals surface area (Å²) in [7, 11) is 0. The smallest absolute Gasteiger partial charge is 0.0613 e. The van der Waals surface area contributed by atoms with Gasteiger partial charge in [-0.05, 0) is 37.6 Å². The van der Waals surface area contributed by atoms with E-state index in [4.69, 9.17) is 0 Å². The minimum Gasteiger partial charge on any atom is -0.394 e. The van der Waals surface area contributed by atoms with E-state index in [1.807, 2.05) is 0 Å². The Morgan fingerprint density at radius 1 is 1.31 bits per heavy atom. The molecule has 13 heavy (non-hydrogen) atoms. The van der Waals surface area contributed by atoms with Crippen molar-refractivity contribution in [2.24, 2.45) is 5.41 Å². The van der Waals surface area contributed by atoms with Crippen LogP contribution in [0.3, 0.4) is 0 Å². The predicted molar refractivity (Wildman–Crippen MR) is 55.7 cm³/mol. The molecule has 1 fully saturated rings. The van der Waals surface area contributed by atoms with Crippen LogP contribution in [0, 0.1) is 5.41 Å². The second-order valence-corrected chi connectivity index (χ2v) is 5.53. The zero-order valence-electron chi connectivity index (χ0n) is 9.19. The fourth-order valence-electron chi connectivity index (χ4n) is 1.70. The van der Waals surface area contributed by atoms with Crippen LogP contribution in [-0.2, 0) is 0 Å². The summed E-state index contributed by atoms with van der Waals surface area (Å²) >= 11 is 0. The van der Waals surface area contributed by atoms with Crippen molar-refractivity contribution < 1.29 is 5.11 Å². The van der Waals surface area contributed by atoms with Gasteiger partial charge in [0.1, 0.15) is 0 Å². The van der Waals surface area contributed by atoms with Crippen LogP contribution < -0.4 is 5.32 Å². The Balaban J connectivity index is 2.18. The SMILES string of the molecule is CC(C)(C)CCNC1(CO)CCC1. The van der Waals surface area contributed by atoms with Gasteiger partial charge in [-0.3, -0.25) is 0 Å². The van der Waals surface area contributed by atoms with Gasteiger partial charge in [-0.2, -0.15) is 0 Å². The lowest BCUT2D eigenvalue weighted by Gasteiger charge is -2.41. The van der Waals surface area contributed by atoms with Gasteiger partial charge < -0.3 is 10.4 Å². The molecular weight excluding hydrogens is 162 g/mol. The van der Waals surface area contributed by atoms with E-state index in [1.54, 1.807) is 0 Å². The summed E-state index contributed by atoms with van der Waals surface area (Å²) < 4.78 is 0. The third-order valence-corrected chi connectivity index (χ3v) is 2.99. The van der Waals surface area contributed by atoms with Gasteiger partial charge in [0.05, 0.1) is 6.61 Å². The van der Waals surface area contributed by atoms with Crippen LogP contribution >= 0.6 is 0 Å². The highest BCUT2D eigenvalue weighted by Crippen LogP contribution is 2.31. The van der Waals surface area contributed by atoms with Crippen LogP contribution in [0.1, 0.15) is 46.5 Å². The molecule has 0 aliphatic heterocycles. The maximum atomic E-state index is 9.20. The lowest BCUT2D eigenvalue weighted by atomic mass is 9.77. The molecule has 1 aliphatic rings. The zero-order valence-corrected chi connectivity index (χ0v) is 9.19. The largest absolute Gasteiger partial charge is 0.394 e. The average Bonchev–Trinajstić information content (AvgIpc) is 1.92. The van der Waals surface area contributed by atoms with E-state index in [0.717, 1.165) is 19.4 Å². The van der Waals surface area contributed by atoms with Crippen LogP contribution in [0.5, 0.6) is 0 Å². The quantitative estimate of drug-likeness (QED) is 0.701. The minimum atomic E-state index is 0.0885. The molecule has 0 aromatic heterocycles. The molecule has 0 unspecified atom stereocenters. The molecule has 1 rings (SSSR count). The first-order valence-electron chi connectivity index (χ1n) is 5.33. The molecule has 2 nitrogen and oxygen atoms in total. The molecule has 0 spiro atoms. The number of hydrogen-bond acceptors (Lipinski definition) is 2. The van der Waals surface area contributed by atoms with Gasteiger partial charge in [0.25, 0.3) is 0 Å². The summed E-state index contributed by atoms with van der Waals surface area (Å²) in [6, 6.07) is 0. The summed E-state index contributed by atoms with van der Waals surface area (Å²) in [5.41, 5.74) is 0.485. The molecule has 78 valence electrons. The number of aliphatic hydroxyl groups excluding tert-OH is 1. The average molecular weight is 185 g/mol. The van der Waals surface area contributed by atoms with Gasteiger partial charge in [-0.15, -0.1) is 0 Å². The third kappa shape index (κ3) is 3.28. The Labute approximate surface area is 81.7 Å². The fraction of sp³-hybridized carbons (Fsp3) is 1.00. The van der Waals surface area contributed by atoms with E-state index in [-0.39, 0.29) is 5.54 Å². The Morgan fingerprint density at radius 2 is 1.92 bits per heavy atom. The highest BCUT2D eigenvalue weighted by molar-refractivity contribution is 4.95. The van der Waals surface area contributed by atoms with Gasteiger partial charge in [-0.1, -0.05) is 20.8 Å². The minimum absolute atomic E-state index is 0.0885. The second kappa shape index (κ2) is 3.97. The monoisotopic (exact) mass is 185 g/mol. The first-order valence-corrected chi connectivity index (χ1v) is 5.33. The van der Waals surface area contributed by atoms with Crippen molar-refractivity contribution in [3.8, 4) is 0 Å². The van der Waals surface area contributed by atoms with Crippen LogP contribution in [0.2, 0.25) is 0 Å². The van der Waals surface area contributed by atoms with E-state index < -0.39 is 0 Å². The van der Waals surface area contributed by atoms with Gasteiger partial charge in [0.15, 0.2) is 0 Å². The molecule has 0 aromatic carbocycles. The standard InChI is InChI=1S/C11H23NO/c1-10(2,3)7-8-12-11(9-13)5-4-6-11/h12-13H,4-9H2,1-3H3. The molecule has 1 aliphatic carbocycles. The van der Waals surface area contributed by atoms with Gasteiger partial charge in [0, 0.05) is 5.54 Å².